The SMILES string of the molecule is COCc1cccc(C[C@H](O)C=C[C@H]2[C@H](O)CC(=O)[C@@H]2CCc2ccc(C(=O)O)cc2)c1. The van der Waals surface area contributed by atoms with Gasteiger partial charge in [-0.15, -0.1) is 0 Å². The van der Waals surface area contributed by atoms with E-state index in [1.807, 2.05) is 24.3 Å². The number of carbonyl (C=O) groups excluding carboxylic acids is 1. The Bertz CT molecular complexity index is 949. The molecule has 0 aliphatic heterocycles. The summed E-state index contributed by atoms with van der Waals surface area (Å²) < 4.78 is 5.15. The van der Waals surface area contributed by atoms with Crippen LogP contribution in [0.4, 0.5) is 0 Å². The summed E-state index contributed by atoms with van der Waals surface area (Å²) in [5.74, 6) is -1.61. The Morgan fingerprint density at radius 3 is 2.56 bits per heavy atom. The molecule has 0 radical (unpaired) electrons. The van der Waals surface area contributed by atoms with E-state index in [1.54, 1.807) is 43.5 Å². The van der Waals surface area contributed by atoms with Crippen LogP contribution in [0.2, 0.25) is 0 Å². The predicted octanol–water partition coefficient (Wildman–Crippen LogP) is 3.19. The summed E-state index contributed by atoms with van der Waals surface area (Å²) >= 11 is 0. The third-order valence-electron chi connectivity index (χ3n) is 5.98. The molecule has 0 spiro atoms. The molecule has 1 saturated carbocycles. The number of benzene rings is 2. The molecule has 6 nitrogen and oxygen atoms in total. The zero-order valence-electron chi connectivity index (χ0n) is 18.2. The van der Waals surface area contributed by atoms with Gasteiger partial charge in [-0.1, -0.05) is 48.6 Å². The number of ketones is 1. The molecular formula is C26H30O6. The number of rotatable bonds is 10. The predicted molar refractivity (Wildman–Crippen MR) is 120 cm³/mol. The summed E-state index contributed by atoms with van der Waals surface area (Å²) in [6.07, 6.45) is 3.70. The van der Waals surface area contributed by atoms with E-state index < -0.39 is 18.2 Å². The molecule has 3 rings (SSSR count). The van der Waals surface area contributed by atoms with Crippen molar-refractivity contribution in [1.82, 2.24) is 0 Å². The van der Waals surface area contributed by atoms with Crippen LogP contribution < -0.4 is 0 Å². The van der Waals surface area contributed by atoms with Gasteiger partial charge in [-0.05, 0) is 41.7 Å². The lowest BCUT2D eigenvalue weighted by atomic mass is 9.88. The first-order chi connectivity index (χ1) is 15.4. The van der Waals surface area contributed by atoms with Crippen LogP contribution in [0.3, 0.4) is 0 Å². The largest absolute Gasteiger partial charge is 0.478 e. The second-order valence-corrected chi connectivity index (χ2v) is 8.37. The standard InChI is InChI=1S/C26H30O6/c1-32-16-19-4-2-3-18(13-19)14-21(27)10-12-23-22(24(28)15-25(23)29)11-7-17-5-8-20(9-6-17)26(30)31/h2-6,8-10,12-13,21-23,25,27,29H,7,11,14-16H2,1H3,(H,30,31)/t21-,22-,23-,25-/m1/s1. The summed E-state index contributed by atoms with van der Waals surface area (Å²) in [6.45, 7) is 0.511. The van der Waals surface area contributed by atoms with Gasteiger partial charge in [0.2, 0.25) is 0 Å². The molecule has 1 aliphatic carbocycles. The average Bonchev–Trinajstić information content (AvgIpc) is 3.03. The van der Waals surface area contributed by atoms with E-state index in [4.69, 9.17) is 9.84 Å². The van der Waals surface area contributed by atoms with Crippen LogP contribution in [0.25, 0.3) is 0 Å². The maximum atomic E-state index is 12.4. The van der Waals surface area contributed by atoms with E-state index in [1.165, 1.54) is 0 Å². The quantitative estimate of drug-likeness (QED) is 0.492. The minimum atomic E-state index is -0.972. The second-order valence-electron chi connectivity index (χ2n) is 8.37. The van der Waals surface area contributed by atoms with Crippen molar-refractivity contribution in [3.8, 4) is 0 Å². The number of ether oxygens (including phenoxy) is 1. The molecule has 4 atom stereocenters. The smallest absolute Gasteiger partial charge is 0.335 e. The van der Waals surface area contributed by atoms with E-state index in [0.717, 1.165) is 16.7 Å². The molecule has 0 saturated heterocycles. The van der Waals surface area contributed by atoms with Crippen LogP contribution in [0, 0.1) is 11.8 Å². The molecule has 2 aromatic carbocycles. The number of Topliss-reactive ketones (excluding diaryl/α,β-unsaturated/α-hetero) is 1. The van der Waals surface area contributed by atoms with E-state index >= 15 is 0 Å². The number of carboxylic acids is 1. The number of carboxylic acid groups (broad SMARTS) is 1. The third-order valence-corrected chi connectivity index (χ3v) is 5.98. The molecule has 1 aliphatic rings. The molecule has 0 aromatic heterocycles. The summed E-state index contributed by atoms with van der Waals surface area (Å²) in [5.41, 5.74) is 3.20. The molecule has 1 fully saturated rings. The Morgan fingerprint density at radius 1 is 1.16 bits per heavy atom. The summed E-state index contributed by atoms with van der Waals surface area (Å²) in [6, 6.07) is 14.5. The molecule has 0 heterocycles. The van der Waals surface area contributed by atoms with Crippen molar-refractivity contribution in [2.24, 2.45) is 11.8 Å². The van der Waals surface area contributed by atoms with Gasteiger partial charge in [0.25, 0.3) is 0 Å². The monoisotopic (exact) mass is 438 g/mol. The van der Waals surface area contributed by atoms with Gasteiger partial charge in [0.1, 0.15) is 5.78 Å². The van der Waals surface area contributed by atoms with Gasteiger partial charge in [0, 0.05) is 31.8 Å². The second kappa shape index (κ2) is 11.2. The fourth-order valence-electron chi connectivity index (χ4n) is 4.31. The Morgan fingerprint density at radius 2 is 1.88 bits per heavy atom. The van der Waals surface area contributed by atoms with Crippen molar-refractivity contribution < 1.29 is 29.6 Å². The molecule has 0 amide bonds. The molecule has 3 N–H and O–H groups in total. The van der Waals surface area contributed by atoms with Crippen LogP contribution in [0.15, 0.2) is 60.7 Å². The van der Waals surface area contributed by atoms with Crippen LogP contribution in [-0.4, -0.2) is 46.4 Å². The fraction of sp³-hybridized carbons (Fsp3) is 0.385. The van der Waals surface area contributed by atoms with Gasteiger partial charge >= 0.3 is 5.97 Å². The maximum Gasteiger partial charge on any atom is 0.335 e. The summed E-state index contributed by atoms with van der Waals surface area (Å²) in [7, 11) is 1.64. The van der Waals surface area contributed by atoms with Gasteiger partial charge < -0.3 is 20.1 Å². The van der Waals surface area contributed by atoms with Crippen LogP contribution >= 0.6 is 0 Å². The number of aryl methyl sites for hydroxylation is 1. The van der Waals surface area contributed by atoms with Crippen molar-refractivity contribution in [2.45, 2.75) is 44.5 Å². The first-order valence-corrected chi connectivity index (χ1v) is 10.8. The number of hydrogen-bond acceptors (Lipinski definition) is 5. The molecular weight excluding hydrogens is 408 g/mol. The molecule has 6 heteroatoms. The molecule has 170 valence electrons. The Labute approximate surface area is 188 Å². The highest BCUT2D eigenvalue weighted by molar-refractivity contribution is 5.87. The van der Waals surface area contributed by atoms with E-state index in [2.05, 4.69) is 0 Å². The number of methoxy groups -OCH3 is 1. The Balaban J connectivity index is 1.60. The van der Waals surface area contributed by atoms with Crippen molar-refractivity contribution in [3.63, 3.8) is 0 Å². The molecule has 2 aromatic rings. The number of carbonyl (C=O) groups is 2. The Kier molecular flexibility index (Phi) is 8.33. The van der Waals surface area contributed by atoms with Crippen molar-refractivity contribution in [3.05, 3.63) is 82.9 Å². The zero-order chi connectivity index (χ0) is 23.1. The minimum Gasteiger partial charge on any atom is -0.478 e. The van der Waals surface area contributed by atoms with Crippen LogP contribution in [0.5, 0.6) is 0 Å². The summed E-state index contributed by atoms with van der Waals surface area (Å²) in [5, 5.41) is 29.9. The topological polar surface area (TPSA) is 104 Å². The highest BCUT2D eigenvalue weighted by Crippen LogP contribution is 2.34. The van der Waals surface area contributed by atoms with Gasteiger partial charge in [0.15, 0.2) is 0 Å². The lowest BCUT2D eigenvalue weighted by molar-refractivity contribution is -0.121. The number of hydrogen-bond donors (Lipinski definition) is 3. The summed E-state index contributed by atoms with van der Waals surface area (Å²) in [4.78, 5) is 23.4. The van der Waals surface area contributed by atoms with E-state index in [0.29, 0.717) is 25.9 Å². The van der Waals surface area contributed by atoms with Crippen LogP contribution in [-0.2, 0) is 29.0 Å². The highest BCUT2D eigenvalue weighted by Gasteiger charge is 2.39. The molecule has 32 heavy (non-hydrogen) atoms. The average molecular weight is 439 g/mol. The molecule has 0 bridgehead atoms. The Hall–Kier alpha value is -2.80. The maximum absolute atomic E-state index is 12.4. The van der Waals surface area contributed by atoms with E-state index in [9.17, 15) is 19.8 Å². The first-order valence-electron chi connectivity index (χ1n) is 10.8. The third kappa shape index (κ3) is 6.36. The van der Waals surface area contributed by atoms with Gasteiger partial charge in [-0.3, -0.25) is 4.79 Å². The fourth-order valence-corrected chi connectivity index (χ4v) is 4.31. The number of aliphatic hydroxyl groups is 2. The molecule has 0 unspecified atom stereocenters. The normalized spacial score (nSPS) is 21.8. The minimum absolute atomic E-state index is 0.0241. The van der Waals surface area contributed by atoms with E-state index in [-0.39, 0.29) is 29.6 Å². The van der Waals surface area contributed by atoms with Gasteiger partial charge in [-0.25, -0.2) is 4.79 Å². The van der Waals surface area contributed by atoms with Crippen molar-refractivity contribution >= 4 is 11.8 Å². The van der Waals surface area contributed by atoms with Gasteiger partial charge in [0.05, 0.1) is 24.4 Å². The first kappa shape index (κ1) is 23.9. The van der Waals surface area contributed by atoms with Crippen LogP contribution in [0.1, 0.15) is 39.9 Å². The van der Waals surface area contributed by atoms with Crippen molar-refractivity contribution in [2.75, 3.05) is 7.11 Å². The highest BCUT2D eigenvalue weighted by atomic mass is 16.5. The lowest BCUT2D eigenvalue weighted by Crippen LogP contribution is -2.20. The van der Waals surface area contributed by atoms with Crippen molar-refractivity contribution in [1.29, 1.82) is 0 Å². The number of aromatic carboxylic acids is 1. The zero-order valence-corrected chi connectivity index (χ0v) is 18.2. The van der Waals surface area contributed by atoms with Gasteiger partial charge in [-0.2, -0.15) is 0 Å². The lowest BCUT2D eigenvalue weighted by Gasteiger charge is -2.18. The number of aliphatic hydroxyl groups excluding tert-OH is 2.